The Kier molecular flexibility index (Phi) is 6.55. The van der Waals surface area contributed by atoms with Crippen LogP contribution in [-0.4, -0.2) is 27.9 Å². The largest absolute Gasteiger partial charge is 0.466 e. The fourth-order valence-electron chi connectivity index (χ4n) is 6.09. The third-order valence-corrected chi connectivity index (χ3v) is 7.89. The summed E-state index contributed by atoms with van der Waals surface area (Å²) in [7, 11) is 0. The first-order chi connectivity index (χ1) is 17.8. The van der Waals surface area contributed by atoms with Crippen LogP contribution in [0.4, 0.5) is 0 Å². The molecular weight excluding hydrogens is 462 g/mol. The molecule has 0 unspecified atom stereocenters. The van der Waals surface area contributed by atoms with Gasteiger partial charge in [-0.15, -0.1) is 0 Å². The second-order valence-electron chi connectivity index (χ2n) is 10.3. The average Bonchev–Trinajstić information content (AvgIpc) is 3.30. The van der Waals surface area contributed by atoms with Crippen molar-refractivity contribution < 1.29 is 14.3 Å². The van der Waals surface area contributed by atoms with E-state index in [0.717, 1.165) is 59.7 Å². The van der Waals surface area contributed by atoms with E-state index < -0.39 is 5.41 Å². The summed E-state index contributed by atoms with van der Waals surface area (Å²) < 4.78 is 7.37. The number of ether oxygens (including phenoxy) is 1. The minimum atomic E-state index is -0.489. The number of nitrogens with zero attached hydrogens (tertiary/aromatic N) is 3. The number of carbonyl (C=O) groups excluding carboxylic acids is 2. The SMILES string of the molecule is [C-]#[N+]C1=C[C@]2(C)c3nc(-c4ccccc4)n(-c4cccc(CCCOC(C)=O)c4)c3CC[C@H]2[C@H](C)C1=O. The van der Waals surface area contributed by atoms with Crippen LogP contribution in [0.25, 0.3) is 21.9 Å². The molecule has 0 fully saturated rings. The van der Waals surface area contributed by atoms with E-state index in [2.05, 4.69) is 52.7 Å². The molecule has 188 valence electrons. The van der Waals surface area contributed by atoms with Crippen molar-refractivity contribution in [2.45, 2.75) is 51.9 Å². The summed E-state index contributed by atoms with van der Waals surface area (Å²) in [4.78, 5) is 32.8. The van der Waals surface area contributed by atoms with Crippen LogP contribution in [0.1, 0.15) is 50.6 Å². The van der Waals surface area contributed by atoms with Gasteiger partial charge in [-0.3, -0.25) is 9.36 Å². The third-order valence-electron chi connectivity index (χ3n) is 7.89. The van der Waals surface area contributed by atoms with Crippen LogP contribution in [0.15, 0.2) is 66.4 Å². The molecule has 6 nitrogen and oxygen atoms in total. The van der Waals surface area contributed by atoms with Gasteiger partial charge in [0.15, 0.2) is 5.78 Å². The van der Waals surface area contributed by atoms with Gasteiger partial charge in [-0.25, -0.2) is 9.83 Å². The topological polar surface area (TPSA) is 65.6 Å². The Bertz CT molecular complexity index is 1430. The molecule has 37 heavy (non-hydrogen) atoms. The summed E-state index contributed by atoms with van der Waals surface area (Å²) in [6.45, 7) is 13.5. The molecule has 5 rings (SSSR count). The van der Waals surface area contributed by atoms with E-state index in [9.17, 15) is 9.59 Å². The second-order valence-corrected chi connectivity index (χ2v) is 10.3. The number of aryl methyl sites for hydroxylation is 1. The van der Waals surface area contributed by atoms with Gasteiger partial charge in [-0.2, -0.15) is 0 Å². The summed E-state index contributed by atoms with van der Waals surface area (Å²) in [6, 6.07) is 18.6. The lowest BCUT2D eigenvalue weighted by molar-refractivity contribution is -0.141. The highest BCUT2D eigenvalue weighted by molar-refractivity contribution is 6.00. The molecular formula is C31H31N3O3. The van der Waals surface area contributed by atoms with Crippen LogP contribution in [-0.2, 0) is 32.6 Å². The Hall–Kier alpha value is -3.98. The number of Topliss-reactive ketones (excluding diaryl/α,β-unsaturated/α-hetero) is 1. The Morgan fingerprint density at radius 2 is 2.00 bits per heavy atom. The standard InChI is InChI=1S/C31H31N3O3/c1-20-25-15-16-27-29(31(25,3)19-26(32-4)28(20)36)33-30(23-12-6-5-7-13-23)34(27)24-14-8-10-22(18-24)11-9-17-37-21(2)35/h5-8,10,12-14,18-20,25H,9,11,15-17H2,1-3H3/t20-,25-,31-/m0/s1. The first-order valence-electron chi connectivity index (χ1n) is 12.9. The van der Waals surface area contributed by atoms with Crippen molar-refractivity contribution in [3.8, 4) is 17.1 Å². The second kappa shape index (κ2) is 9.82. The molecule has 1 aromatic heterocycles. The molecule has 6 heteroatoms. The number of hydrogen-bond donors (Lipinski definition) is 0. The third kappa shape index (κ3) is 4.40. The molecule has 0 spiro atoms. The highest BCUT2D eigenvalue weighted by Gasteiger charge is 2.50. The van der Waals surface area contributed by atoms with Crippen molar-refractivity contribution in [1.29, 1.82) is 0 Å². The summed E-state index contributed by atoms with van der Waals surface area (Å²) in [6.07, 6.45) is 5.11. The average molecular weight is 494 g/mol. The minimum absolute atomic E-state index is 0.0508. The van der Waals surface area contributed by atoms with Crippen molar-refractivity contribution in [2.75, 3.05) is 6.61 Å². The van der Waals surface area contributed by atoms with Gasteiger partial charge in [0.25, 0.3) is 0 Å². The predicted molar refractivity (Wildman–Crippen MR) is 142 cm³/mol. The highest BCUT2D eigenvalue weighted by atomic mass is 16.5. The number of hydrogen-bond acceptors (Lipinski definition) is 4. The van der Waals surface area contributed by atoms with Gasteiger partial charge in [0.05, 0.1) is 18.9 Å². The van der Waals surface area contributed by atoms with Gasteiger partial charge in [0.1, 0.15) is 5.82 Å². The molecule has 3 atom stereocenters. The molecule has 1 heterocycles. The summed E-state index contributed by atoms with van der Waals surface area (Å²) in [5, 5.41) is 0. The van der Waals surface area contributed by atoms with Crippen molar-refractivity contribution >= 4 is 11.8 Å². The summed E-state index contributed by atoms with van der Waals surface area (Å²) in [5.74, 6) is 0.458. The van der Waals surface area contributed by atoms with Gasteiger partial charge in [0, 0.05) is 35.2 Å². The van der Waals surface area contributed by atoms with Crippen LogP contribution in [0, 0.1) is 18.4 Å². The van der Waals surface area contributed by atoms with Gasteiger partial charge in [0.2, 0.25) is 5.70 Å². The van der Waals surface area contributed by atoms with Crippen molar-refractivity contribution in [3.05, 3.63) is 94.7 Å². The van der Waals surface area contributed by atoms with Gasteiger partial charge >= 0.3 is 5.97 Å². The van der Waals surface area contributed by atoms with Crippen LogP contribution < -0.4 is 0 Å². The number of aromatic nitrogens is 2. The quantitative estimate of drug-likeness (QED) is 0.244. The van der Waals surface area contributed by atoms with Crippen LogP contribution in [0.3, 0.4) is 0 Å². The molecule has 0 saturated heterocycles. The fourth-order valence-corrected chi connectivity index (χ4v) is 6.09. The highest BCUT2D eigenvalue weighted by Crippen LogP contribution is 2.51. The zero-order valence-corrected chi connectivity index (χ0v) is 21.5. The lowest BCUT2D eigenvalue weighted by Crippen LogP contribution is -2.45. The smallest absolute Gasteiger partial charge is 0.302 e. The maximum Gasteiger partial charge on any atom is 0.302 e. The van der Waals surface area contributed by atoms with E-state index in [0.29, 0.717) is 6.61 Å². The fraction of sp³-hybridized carbons (Fsp3) is 0.355. The maximum absolute atomic E-state index is 12.8. The Morgan fingerprint density at radius 3 is 2.73 bits per heavy atom. The lowest BCUT2D eigenvalue weighted by Gasteiger charge is -2.44. The Balaban J connectivity index is 1.63. The molecule has 0 N–H and O–H groups in total. The first-order valence-corrected chi connectivity index (χ1v) is 12.9. The zero-order chi connectivity index (χ0) is 26.2. The van der Waals surface area contributed by atoms with Gasteiger partial charge in [-0.1, -0.05) is 62.4 Å². The molecule has 3 aromatic rings. The molecule has 2 aliphatic rings. The van der Waals surface area contributed by atoms with Crippen LogP contribution in [0.2, 0.25) is 0 Å². The maximum atomic E-state index is 12.8. The molecule has 2 aliphatic carbocycles. The van der Waals surface area contributed by atoms with Crippen molar-refractivity contribution in [1.82, 2.24) is 9.55 Å². The normalized spacial score (nSPS) is 22.4. The van der Waals surface area contributed by atoms with Crippen molar-refractivity contribution in [2.24, 2.45) is 11.8 Å². The van der Waals surface area contributed by atoms with Crippen LogP contribution in [0.5, 0.6) is 0 Å². The number of fused-ring (bicyclic) bond motifs is 3. The zero-order valence-electron chi connectivity index (χ0n) is 21.5. The summed E-state index contributed by atoms with van der Waals surface area (Å²) >= 11 is 0. The predicted octanol–water partition coefficient (Wildman–Crippen LogP) is 5.88. The van der Waals surface area contributed by atoms with Crippen LogP contribution >= 0.6 is 0 Å². The number of esters is 1. The Labute approximate surface area is 217 Å². The number of carbonyl (C=O) groups is 2. The molecule has 0 saturated carbocycles. The number of rotatable bonds is 6. The van der Waals surface area contributed by atoms with E-state index in [4.69, 9.17) is 16.3 Å². The van der Waals surface area contributed by atoms with Crippen molar-refractivity contribution in [3.63, 3.8) is 0 Å². The molecule has 0 aliphatic heterocycles. The lowest BCUT2D eigenvalue weighted by atomic mass is 9.59. The van der Waals surface area contributed by atoms with E-state index >= 15 is 0 Å². The number of ketones is 1. The number of allylic oxidation sites excluding steroid dienone is 2. The van der Waals surface area contributed by atoms with E-state index in [1.807, 2.05) is 31.2 Å². The number of imidazole rings is 1. The Morgan fingerprint density at radius 1 is 1.22 bits per heavy atom. The minimum Gasteiger partial charge on any atom is -0.466 e. The van der Waals surface area contributed by atoms with Gasteiger partial charge in [-0.05, 0) is 49.3 Å². The monoisotopic (exact) mass is 493 g/mol. The van der Waals surface area contributed by atoms with E-state index in [1.165, 1.54) is 6.92 Å². The number of benzene rings is 2. The molecule has 0 amide bonds. The molecule has 0 bridgehead atoms. The first kappa shape index (κ1) is 24.7. The van der Waals surface area contributed by atoms with E-state index in [-0.39, 0.29) is 29.3 Å². The van der Waals surface area contributed by atoms with Gasteiger partial charge < -0.3 is 9.53 Å². The molecule has 2 aromatic carbocycles. The van der Waals surface area contributed by atoms with E-state index in [1.54, 1.807) is 0 Å². The summed E-state index contributed by atoms with van der Waals surface area (Å²) in [5.41, 5.74) is 5.06. The molecule has 0 radical (unpaired) electrons.